The fraction of sp³-hybridized carbons (Fsp3) is 0.548. The third kappa shape index (κ3) is 17.8. The molecule has 2 amide bonds. The predicted octanol–water partition coefficient (Wildman–Crippen LogP) is 1.64. The van der Waals surface area contributed by atoms with Crippen molar-refractivity contribution in [3.8, 4) is 0 Å². The summed E-state index contributed by atoms with van der Waals surface area (Å²) in [5.41, 5.74) is 3.69. The van der Waals surface area contributed by atoms with Crippen molar-refractivity contribution >= 4 is 74.7 Å². The summed E-state index contributed by atoms with van der Waals surface area (Å²) in [7, 11) is -15.1. The van der Waals surface area contributed by atoms with Crippen LogP contribution in [0.1, 0.15) is 25.0 Å². The Morgan fingerprint density at radius 3 is 1.28 bits per heavy atom. The molecule has 0 heterocycles. The molecule has 0 aliphatic carbocycles. The molecule has 0 unspecified atom stereocenters. The molecule has 0 radical (unpaired) electrons. The van der Waals surface area contributed by atoms with Gasteiger partial charge in [-0.05, 0) is 75.2 Å². The summed E-state index contributed by atoms with van der Waals surface area (Å²) in [6.45, 7) is 8.50. The van der Waals surface area contributed by atoms with E-state index in [9.17, 15) is 43.3 Å². The van der Waals surface area contributed by atoms with E-state index in [1.807, 2.05) is 23.6 Å². The Morgan fingerprint density at radius 2 is 0.981 bits per heavy atom. The van der Waals surface area contributed by atoms with Gasteiger partial charge in [0.1, 0.15) is 13.2 Å². The third-order valence-electron chi connectivity index (χ3n) is 7.49. The molecule has 0 saturated carbocycles. The van der Waals surface area contributed by atoms with E-state index in [2.05, 4.69) is 20.1 Å². The van der Waals surface area contributed by atoms with Gasteiger partial charge in [-0.1, -0.05) is 0 Å². The second kappa shape index (κ2) is 20.1. The van der Waals surface area contributed by atoms with Crippen LogP contribution in [0.2, 0.25) is 0 Å². The first kappa shape index (κ1) is 45.5. The minimum Gasteiger partial charge on any atom is -0.448 e. The molecule has 0 bridgehead atoms. The number of nitrogens with zero attached hydrogens (tertiary/aromatic N) is 2. The second-order valence-corrected chi connectivity index (χ2v) is 20.4. The molecule has 53 heavy (non-hydrogen) atoms. The molecule has 2 aromatic rings. The topological polar surface area (TPSA) is 244 Å². The van der Waals surface area contributed by atoms with E-state index < -0.39 is 81.7 Å². The minimum atomic E-state index is -4.22. The number of aryl methyl sites for hydroxylation is 2. The van der Waals surface area contributed by atoms with Gasteiger partial charge in [-0.15, -0.1) is 0 Å². The van der Waals surface area contributed by atoms with Crippen LogP contribution in [0.3, 0.4) is 0 Å². The Balaban J connectivity index is 1.80. The molecule has 2 aromatic carbocycles. The fourth-order valence-corrected chi connectivity index (χ4v) is 9.58. The Bertz CT molecular complexity index is 1870. The second-order valence-electron chi connectivity index (χ2n) is 12.0. The number of likely N-dealkylation sites (N-methyl/N-ethyl adjacent to an activating group) is 2. The Morgan fingerprint density at radius 1 is 0.623 bits per heavy atom. The zero-order valence-electron chi connectivity index (χ0n) is 30.7. The largest absolute Gasteiger partial charge is 0.448 e. The average Bonchev–Trinajstić information content (AvgIpc) is 3.01. The maximum absolute atomic E-state index is 12.5. The van der Waals surface area contributed by atoms with Crippen LogP contribution in [0.25, 0.3) is 0 Å². The molecule has 4 N–H and O–H groups in total. The van der Waals surface area contributed by atoms with E-state index in [-0.39, 0.29) is 13.1 Å². The van der Waals surface area contributed by atoms with Crippen molar-refractivity contribution in [2.24, 2.45) is 0 Å². The summed E-state index contributed by atoms with van der Waals surface area (Å²) < 4.78 is 110. The van der Waals surface area contributed by atoms with E-state index >= 15 is 0 Å². The SMILES string of the molecule is CCN(CCNS(C)(=O)=O)c1ccc(NC(=O)OCCS(=O)(=O)CS(=O)(=O)CCOC(=O)Nc2ccc(N(CC)CCNS(C)(=O)=O)cc2C)c(C)c1. The number of ether oxygens (including phenoxy) is 2. The number of rotatable bonds is 22. The Labute approximate surface area is 312 Å². The first-order chi connectivity index (χ1) is 24.5. The third-order valence-corrected chi connectivity index (χ3v) is 13.4. The predicted molar refractivity (Wildman–Crippen MR) is 206 cm³/mol. The van der Waals surface area contributed by atoms with Gasteiger partial charge in [0.25, 0.3) is 0 Å². The van der Waals surface area contributed by atoms with E-state index in [0.29, 0.717) is 48.7 Å². The molecule has 0 atom stereocenters. The normalized spacial score (nSPS) is 12.2. The molecular weight excluding hydrogens is 777 g/mol. The molecule has 0 aliphatic heterocycles. The molecule has 2 rings (SSSR count). The molecule has 0 saturated heterocycles. The van der Waals surface area contributed by atoms with Gasteiger partial charge in [-0.2, -0.15) is 0 Å². The summed E-state index contributed by atoms with van der Waals surface area (Å²) in [6.07, 6.45) is 0.258. The van der Waals surface area contributed by atoms with Gasteiger partial charge in [-0.3, -0.25) is 10.6 Å². The lowest BCUT2D eigenvalue weighted by Gasteiger charge is -2.24. The summed E-state index contributed by atoms with van der Waals surface area (Å²) in [5.74, 6) is -1.52. The van der Waals surface area contributed by atoms with Crippen LogP contribution in [-0.2, 0) is 49.2 Å². The Hall–Kier alpha value is -3.70. The number of carbonyl (C=O) groups excluding carboxylic acids is 2. The highest BCUT2D eigenvalue weighted by Crippen LogP contribution is 2.24. The van der Waals surface area contributed by atoms with Gasteiger partial charge in [0.2, 0.25) is 20.0 Å². The van der Waals surface area contributed by atoms with E-state index in [4.69, 9.17) is 9.47 Å². The number of anilines is 4. The molecule has 0 fully saturated rings. The highest BCUT2D eigenvalue weighted by atomic mass is 32.3. The summed E-state index contributed by atoms with van der Waals surface area (Å²) in [6, 6.07) is 10.3. The number of hydrogen-bond acceptors (Lipinski definition) is 14. The molecule has 0 aromatic heterocycles. The van der Waals surface area contributed by atoms with Crippen molar-refractivity contribution in [2.45, 2.75) is 27.7 Å². The van der Waals surface area contributed by atoms with Gasteiger partial charge < -0.3 is 19.3 Å². The first-order valence-corrected chi connectivity index (χ1v) is 23.8. The first-order valence-electron chi connectivity index (χ1n) is 16.4. The van der Waals surface area contributed by atoms with E-state index in [0.717, 1.165) is 23.9 Å². The van der Waals surface area contributed by atoms with Crippen LogP contribution < -0.4 is 29.9 Å². The number of sulfone groups is 2. The van der Waals surface area contributed by atoms with Crippen LogP contribution in [-0.4, -0.2) is 127 Å². The van der Waals surface area contributed by atoms with Gasteiger partial charge in [0, 0.05) is 62.0 Å². The lowest BCUT2D eigenvalue weighted by molar-refractivity contribution is 0.167. The highest BCUT2D eigenvalue weighted by molar-refractivity contribution is 8.08. The number of hydrogen-bond donors (Lipinski definition) is 4. The lowest BCUT2D eigenvalue weighted by Crippen LogP contribution is -2.34. The van der Waals surface area contributed by atoms with Crippen LogP contribution in [0.5, 0.6) is 0 Å². The quantitative estimate of drug-likeness (QED) is 0.132. The number of benzene rings is 2. The molecular formula is C31H50N6O12S4. The van der Waals surface area contributed by atoms with Crippen molar-refractivity contribution in [3.63, 3.8) is 0 Å². The maximum Gasteiger partial charge on any atom is 0.411 e. The average molecular weight is 827 g/mol. The van der Waals surface area contributed by atoms with Crippen molar-refractivity contribution < 1.29 is 52.7 Å². The van der Waals surface area contributed by atoms with Gasteiger partial charge in [-0.25, -0.2) is 52.7 Å². The highest BCUT2D eigenvalue weighted by Gasteiger charge is 2.24. The number of amides is 2. The van der Waals surface area contributed by atoms with Crippen molar-refractivity contribution in [1.82, 2.24) is 9.44 Å². The molecule has 22 heteroatoms. The van der Waals surface area contributed by atoms with Crippen molar-refractivity contribution in [1.29, 1.82) is 0 Å². The van der Waals surface area contributed by atoms with Crippen LogP contribution >= 0.6 is 0 Å². The molecule has 0 aliphatic rings. The van der Waals surface area contributed by atoms with Crippen molar-refractivity contribution in [3.05, 3.63) is 47.5 Å². The maximum atomic E-state index is 12.5. The van der Waals surface area contributed by atoms with Crippen molar-refractivity contribution in [2.75, 3.05) is 102 Å². The zero-order valence-corrected chi connectivity index (χ0v) is 33.9. The molecule has 300 valence electrons. The summed E-state index contributed by atoms with van der Waals surface area (Å²) >= 11 is 0. The fourth-order valence-electron chi connectivity index (χ4n) is 4.85. The van der Waals surface area contributed by atoms with Gasteiger partial charge in [0.15, 0.2) is 24.8 Å². The minimum absolute atomic E-state index is 0.210. The number of nitrogens with one attached hydrogen (secondary N) is 4. The van der Waals surface area contributed by atoms with Crippen LogP contribution in [0, 0.1) is 13.8 Å². The molecule has 18 nitrogen and oxygen atoms in total. The smallest absolute Gasteiger partial charge is 0.411 e. The summed E-state index contributed by atoms with van der Waals surface area (Å²) in [4.78, 5) is 28.5. The van der Waals surface area contributed by atoms with E-state index in [1.165, 1.54) is 0 Å². The standard InChI is InChI=1S/C31H50N6O12S4/c1-7-36(15-13-32-50(5,40)41)26-9-11-28(24(3)21-26)34-30(38)48-17-19-52(44,45)23-53(46,47)20-18-49-31(39)35-29-12-10-27(22-25(29)4)37(8-2)16-14-33-51(6,42)43/h9-12,21-22,32-33H,7-8,13-20,23H2,1-6H3,(H,34,38)(H,35,39). The van der Waals surface area contributed by atoms with Gasteiger partial charge in [0.05, 0.1) is 24.0 Å². The van der Waals surface area contributed by atoms with Crippen LogP contribution in [0.15, 0.2) is 36.4 Å². The van der Waals surface area contributed by atoms with E-state index in [1.54, 1.807) is 50.2 Å². The summed E-state index contributed by atoms with van der Waals surface area (Å²) in [5, 5.41) is 3.79. The lowest BCUT2D eigenvalue weighted by atomic mass is 10.1. The van der Waals surface area contributed by atoms with Gasteiger partial charge >= 0.3 is 12.2 Å². The monoisotopic (exact) mass is 826 g/mol. The number of sulfonamides is 2. The Kier molecular flexibility index (Phi) is 17.3. The molecule has 0 spiro atoms. The zero-order chi connectivity index (χ0) is 40.0. The van der Waals surface area contributed by atoms with Crippen LogP contribution in [0.4, 0.5) is 32.3 Å². The number of carbonyl (C=O) groups is 2.